The van der Waals surface area contributed by atoms with Crippen LogP contribution in [0.15, 0.2) is 18.2 Å². The number of amides is 1. The third kappa shape index (κ3) is 3.68. The maximum Gasteiger partial charge on any atom is 0.306 e. The van der Waals surface area contributed by atoms with E-state index in [0.717, 1.165) is 24.5 Å². The van der Waals surface area contributed by atoms with Crippen molar-refractivity contribution in [3.8, 4) is 0 Å². The average molecular weight is 323 g/mol. The van der Waals surface area contributed by atoms with Gasteiger partial charge < -0.3 is 10.1 Å². The Labute approximate surface area is 133 Å². The molecule has 124 valence electrons. The van der Waals surface area contributed by atoms with Gasteiger partial charge in [-0.15, -0.1) is 0 Å². The Kier molecular flexibility index (Phi) is 4.59. The van der Waals surface area contributed by atoms with E-state index in [1.807, 2.05) is 0 Å². The van der Waals surface area contributed by atoms with Gasteiger partial charge in [0.05, 0.1) is 0 Å². The van der Waals surface area contributed by atoms with E-state index in [2.05, 4.69) is 5.32 Å². The highest BCUT2D eigenvalue weighted by Gasteiger charge is 2.40. The van der Waals surface area contributed by atoms with Crippen molar-refractivity contribution in [3.05, 3.63) is 29.8 Å². The monoisotopic (exact) mass is 323 g/mol. The van der Waals surface area contributed by atoms with Crippen molar-refractivity contribution < 1.29 is 23.1 Å². The third-order valence-corrected chi connectivity index (χ3v) is 4.90. The summed E-state index contributed by atoms with van der Waals surface area (Å²) in [5, 5.41) is 2.09. The summed E-state index contributed by atoms with van der Waals surface area (Å²) < 4.78 is 31.7. The van der Waals surface area contributed by atoms with Gasteiger partial charge in [-0.25, -0.2) is 8.78 Å². The molecule has 0 aliphatic heterocycles. The number of hydrogen-bond donors (Lipinski definition) is 1. The molecule has 3 atom stereocenters. The Hall–Kier alpha value is -1.98. The van der Waals surface area contributed by atoms with Gasteiger partial charge in [0.1, 0.15) is 17.3 Å². The Morgan fingerprint density at radius 3 is 2.52 bits per heavy atom. The van der Waals surface area contributed by atoms with Crippen molar-refractivity contribution in [2.45, 2.75) is 32.1 Å². The zero-order valence-corrected chi connectivity index (χ0v) is 12.7. The molecule has 23 heavy (non-hydrogen) atoms. The van der Waals surface area contributed by atoms with Crippen molar-refractivity contribution in [2.24, 2.45) is 17.8 Å². The number of para-hydroxylation sites is 1. The van der Waals surface area contributed by atoms with Gasteiger partial charge >= 0.3 is 5.97 Å². The minimum absolute atomic E-state index is 0.322. The van der Waals surface area contributed by atoms with E-state index in [1.165, 1.54) is 25.3 Å². The molecule has 3 rings (SSSR count). The normalized spacial score (nSPS) is 25.4. The van der Waals surface area contributed by atoms with Gasteiger partial charge in [0.25, 0.3) is 5.91 Å². The molecule has 1 amide bonds. The molecule has 2 aliphatic carbocycles. The van der Waals surface area contributed by atoms with Crippen LogP contribution >= 0.6 is 0 Å². The summed E-state index contributed by atoms with van der Waals surface area (Å²) in [6.45, 7) is -0.534. The Bertz CT molecular complexity index is 600. The molecule has 1 aromatic rings. The fourth-order valence-corrected chi connectivity index (χ4v) is 3.84. The average Bonchev–Trinajstić information content (AvgIpc) is 3.12. The fourth-order valence-electron chi connectivity index (χ4n) is 3.84. The SMILES string of the molecule is O=C(COC(=O)C[C@H]1C[C@H]2CC[C@H]1C2)Nc1c(F)cccc1F. The number of nitrogens with one attached hydrogen (secondary N) is 1. The van der Waals surface area contributed by atoms with Crippen LogP contribution in [0.5, 0.6) is 0 Å². The molecule has 4 nitrogen and oxygen atoms in total. The van der Waals surface area contributed by atoms with E-state index in [9.17, 15) is 18.4 Å². The quantitative estimate of drug-likeness (QED) is 0.846. The number of rotatable bonds is 5. The standard InChI is InChI=1S/C17H19F2NO3/c18-13-2-1-3-14(19)17(13)20-15(21)9-23-16(22)8-12-7-10-4-5-11(12)6-10/h1-3,10-12H,4-9H2,(H,20,21)/t10-,11-,12+/m0/s1. The lowest BCUT2D eigenvalue weighted by molar-refractivity contribution is -0.148. The molecule has 1 aromatic carbocycles. The van der Waals surface area contributed by atoms with Crippen molar-refractivity contribution in [1.82, 2.24) is 0 Å². The maximum atomic E-state index is 13.4. The lowest BCUT2D eigenvalue weighted by atomic mass is 9.86. The molecule has 0 unspecified atom stereocenters. The lowest BCUT2D eigenvalue weighted by Crippen LogP contribution is -2.24. The second-order valence-electron chi connectivity index (χ2n) is 6.44. The number of benzene rings is 1. The van der Waals surface area contributed by atoms with E-state index in [-0.39, 0.29) is 0 Å². The predicted molar refractivity (Wildman–Crippen MR) is 79.5 cm³/mol. The smallest absolute Gasteiger partial charge is 0.306 e. The highest BCUT2D eigenvalue weighted by molar-refractivity contribution is 5.93. The van der Waals surface area contributed by atoms with Crippen LogP contribution < -0.4 is 5.32 Å². The van der Waals surface area contributed by atoms with Gasteiger partial charge in [-0.2, -0.15) is 0 Å². The number of anilines is 1. The summed E-state index contributed by atoms with van der Waals surface area (Å²) in [6, 6.07) is 3.29. The van der Waals surface area contributed by atoms with Crippen LogP contribution in [-0.2, 0) is 14.3 Å². The first-order valence-electron chi connectivity index (χ1n) is 7.92. The number of halogens is 2. The Morgan fingerprint density at radius 1 is 1.17 bits per heavy atom. The lowest BCUT2D eigenvalue weighted by Gasteiger charge is -2.20. The first-order chi connectivity index (χ1) is 11.0. The van der Waals surface area contributed by atoms with Crippen molar-refractivity contribution in [3.63, 3.8) is 0 Å². The highest BCUT2D eigenvalue weighted by Crippen LogP contribution is 2.49. The van der Waals surface area contributed by atoms with Gasteiger partial charge in [0, 0.05) is 6.42 Å². The third-order valence-electron chi connectivity index (χ3n) is 4.90. The minimum atomic E-state index is -0.869. The fraction of sp³-hybridized carbons (Fsp3) is 0.529. The molecule has 6 heteroatoms. The summed E-state index contributed by atoms with van der Waals surface area (Å²) in [5.74, 6) is -1.22. The van der Waals surface area contributed by atoms with Crippen LogP contribution in [0.2, 0.25) is 0 Å². The minimum Gasteiger partial charge on any atom is -0.456 e. The molecule has 0 spiro atoms. The van der Waals surface area contributed by atoms with Gasteiger partial charge in [0.15, 0.2) is 6.61 Å². The molecule has 0 heterocycles. The zero-order valence-electron chi connectivity index (χ0n) is 12.7. The number of esters is 1. The molecule has 1 N–H and O–H groups in total. The molecule has 2 bridgehead atoms. The van der Waals surface area contributed by atoms with Gasteiger partial charge in [-0.3, -0.25) is 9.59 Å². The molecule has 2 fully saturated rings. The van der Waals surface area contributed by atoms with Gasteiger partial charge in [0.2, 0.25) is 0 Å². The number of hydrogen-bond acceptors (Lipinski definition) is 3. The van der Waals surface area contributed by atoms with Crippen molar-refractivity contribution >= 4 is 17.6 Å². The van der Waals surface area contributed by atoms with E-state index < -0.39 is 35.8 Å². The molecular weight excluding hydrogens is 304 g/mol. The van der Waals surface area contributed by atoms with Crippen LogP contribution in [0.3, 0.4) is 0 Å². The molecule has 2 aliphatic rings. The van der Waals surface area contributed by atoms with E-state index in [0.29, 0.717) is 18.3 Å². The molecule has 0 aromatic heterocycles. The van der Waals surface area contributed by atoms with Crippen LogP contribution in [0.4, 0.5) is 14.5 Å². The van der Waals surface area contributed by atoms with Crippen LogP contribution in [0.25, 0.3) is 0 Å². The Balaban J connectivity index is 1.44. The summed E-state index contributed by atoms with van der Waals surface area (Å²) in [6.07, 6.45) is 5.02. The second kappa shape index (κ2) is 6.64. The van der Waals surface area contributed by atoms with Crippen LogP contribution in [-0.4, -0.2) is 18.5 Å². The van der Waals surface area contributed by atoms with Gasteiger partial charge in [-0.1, -0.05) is 12.5 Å². The summed E-state index contributed by atoms with van der Waals surface area (Å²) in [4.78, 5) is 23.5. The number of fused-ring (bicyclic) bond motifs is 2. The first kappa shape index (κ1) is 15.9. The predicted octanol–water partition coefficient (Wildman–Crippen LogP) is 3.27. The zero-order chi connectivity index (χ0) is 16.4. The van der Waals surface area contributed by atoms with E-state index in [1.54, 1.807) is 0 Å². The highest BCUT2D eigenvalue weighted by atomic mass is 19.1. The summed E-state index contributed by atoms with van der Waals surface area (Å²) in [5.41, 5.74) is -0.526. The van der Waals surface area contributed by atoms with Gasteiger partial charge in [-0.05, 0) is 49.1 Å². The molecule has 0 saturated heterocycles. The number of carbonyl (C=O) groups excluding carboxylic acids is 2. The largest absolute Gasteiger partial charge is 0.456 e. The molecule has 2 saturated carbocycles. The van der Waals surface area contributed by atoms with E-state index >= 15 is 0 Å². The molecule has 0 radical (unpaired) electrons. The molecular formula is C17H19F2NO3. The van der Waals surface area contributed by atoms with Crippen LogP contribution in [0.1, 0.15) is 32.1 Å². The van der Waals surface area contributed by atoms with E-state index in [4.69, 9.17) is 4.74 Å². The number of carbonyl (C=O) groups is 2. The second-order valence-corrected chi connectivity index (χ2v) is 6.44. The number of ether oxygens (including phenoxy) is 1. The topological polar surface area (TPSA) is 55.4 Å². The summed E-state index contributed by atoms with van der Waals surface area (Å²) >= 11 is 0. The summed E-state index contributed by atoms with van der Waals surface area (Å²) in [7, 11) is 0. The van der Waals surface area contributed by atoms with Crippen molar-refractivity contribution in [2.75, 3.05) is 11.9 Å². The Morgan fingerprint density at radius 2 is 1.91 bits per heavy atom. The maximum absolute atomic E-state index is 13.4. The van der Waals surface area contributed by atoms with Crippen molar-refractivity contribution in [1.29, 1.82) is 0 Å². The van der Waals surface area contributed by atoms with Crippen LogP contribution in [0, 0.1) is 29.4 Å². The first-order valence-corrected chi connectivity index (χ1v) is 7.92.